The van der Waals surface area contributed by atoms with Gasteiger partial charge < -0.3 is 19.7 Å². The second kappa shape index (κ2) is 9.44. The van der Waals surface area contributed by atoms with Crippen molar-refractivity contribution in [3.05, 3.63) is 35.9 Å². The molecule has 0 unspecified atom stereocenters. The van der Waals surface area contributed by atoms with Gasteiger partial charge in [-0.3, -0.25) is 0 Å². The average molecular weight is 374 g/mol. The van der Waals surface area contributed by atoms with Crippen LogP contribution in [0.4, 0.5) is 10.5 Å². The minimum atomic E-state index is -0.478. The predicted octanol–water partition coefficient (Wildman–Crippen LogP) is 3.76. The Morgan fingerprint density at radius 2 is 1.81 bits per heavy atom. The van der Waals surface area contributed by atoms with E-state index in [9.17, 15) is 9.59 Å². The third-order valence-electron chi connectivity index (χ3n) is 4.17. The Labute approximate surface area is 161 Å². The van der Waals surface area contributed by atoms with Gasteiger partial charge in [-0.2, -0.15) is 0 Å². The van der Waals surface area contributed by atoms with Crippen molar-refractivity contribution in [2.24, 2.45) is 0 Å². The van der Waals surface area contributed by atoms with E-state index in [0.29, 0.717) is 6.61 Å². The van der Waals surface area contributed by atoms with Crippen LogP contribution in [0.3, 0.4) is 0 Å². The summed E-state index contributed by atoms with van der Waals surface area (Å²) in [6.07, 6.45) is 4.59. The summed E-state index contributed by atoms with van der Waals surface area (Å²) >= 11 is 0. The van der Waals surface area contributed by atoms with Gasteiger partial charge in [0.1, 0.15) is 5.60 Å². The highest BCUT2D eigenvalue weighted by molar-refractivity contribution is 5.87. The number of carbonyl (C=O) groups excluding carboxylic acids is 2. The molecular formula is C21H30N2O4. The van der Waals surface area contributed by atoms with Gasteiger partial charge in [-0.15, -0.1) is 0 Å². The molecule has 0 aliphatic carbocycles. The zero-order valence-electron chi connectivity index (χ0n) is 16.7. The van der Waals surface area contributed by atoms with Gasteiger partial charge in [0.05, 0.1) is 6.61 Å². The smallest absolute Gasteiger partial charge is 0.407 e. The molecule has 0 saturated carbocycles. The maximum Gasteiger partial charge on any atom is 0.407 e. The van der Waals surface area contributed by atoms with Gasteiger partial charge in [0.25, 0.3) is 0 Å². The van der Waals surface area contributed by atoms with E-state index in [4.69, 9.17) is 9.47 Å². The highest BCUT2D eigenvalue weighted by atomic mass is 16.6. The molecule has 6 nitrogen and oxygen atoms in total. The summed E-state index contributed by atoms with van der Waals surface area (Å²) in [5.74, 6) is -0.332. The molecule has 6 heteroatoms. The van der Waals surface area contributed by atoms with Crippen molar-refractivity contribution in [2.75, 3.05) is 24.6 Å². The minimum absolute atomic E-state index is 0.142. The molecule has 1 aliphatic heterocycles. The van der Waals surface area contributed by atoms with Crippen molar-refractivity contribution in [1.82, 2.24) is 5.32 Å². The molecule has 27 heavy (non-hydrogen) atoms. The fourth-order valence-electron chi connectivity index (χ4n) is 2.91. The monoisotopic (exact) mass is 374 g/mol. The van der Waals surface area contributed by atoms with E-state index >= 15 is 0 Å². The Morgan fingerprint density at radius 1 is 1.19 bits per heavy atom. The molecule has 1 heterocycles. The molecule has 0 spiro atoms. The zero-order chi connectivity index (χ0) is 19.9. The normalized spacial score (nSPS) is 15.6. The van der Waals surface area contributed by atoms with Crippen molar-refractivity contribution < 1.29 is 19.1 Å². The van der Waals surface area contributed by atoms with Gasteiger partial charge in [0, 0.05) is 30.9 Å². The standard InChI is InChI=1S/C21H30N2O4/c1-5-26-19(24)11-8-16-6-9-18(10-7-16)23-14-12-17(13-15-23)22-20(25)27-21(2,3)4/h6-11,17H,5,12-15H2,1-4H3,(H,22,25). The quantitative estimate of drug-likeness (QED) is 0.628. The number of hydrogen-bond acceptors (Lipinski definition) is 5. The maximum atomic E-state index is 11.9. The van der Waals surface area contributed by atoms with Crippen molar-refractivity contribution in [3.63, 3.8) is 0 Å². The molecule has 1 N–H and O–H groups in total. The minimum Gasteiger partial charge on any atom is -0.463 e. The molecule has 1 saturated heterocycles. The summed E-state index contributed by atoms with van der Waals surface area (Å²) < 4.78 is 10.2. The van der Waals surface area contributed by atoms with Crippen LogP contribution in [-0.2, 0) is 14.3 Å². The number of piperidine rings is 1. The van der Waals surface area contributed by atoms with E-state index in [1.54, 1.807) is 13.0 Å². The van der Waals surface area contributed by atoms with Gasteiger partial charge in [0.2, 0.25) is 0 Å². The molecule has 1 fully saturated rings. The number of anilines is 1. The maximum absolute atomic E-state index is 11.9. The highest BCUT2D eigenvalue weighted by Gasteiger charge is 2.23. The number of nitrogens with zero attached hydrogens (tertiary/aromatic N) is 1. The van der Waals surface area contributed by atoms with Crippen LogP contribution < -0.4 is 10.2 Å². The van der Waals surface area contributed by atoms with E-state index < -0.39 is 5.60 Å². The molecule has 2 rings (SSSR count). The number of esters is 1. The Bertz CT molecular complexity index is 654. The number of alkyl carbamates (subject to hydrolysis) is 1. The fraction of sp³-hybridized carbons (Fsp3) is 0.524. The SMILES string of the molecule is CCOC(=O)C=Cc1ccc(N2CCC(NC(=O)OC(C)(C)C)CC2)cc1. The molecular weight excluding hydrogens is 344 g/mol. The Hall–Kier alpha value is -2.50. The molecule has 1 aromatic rings. The van der Waals surface area contributed by atoms with Crippen molar-refractivity contribution in [1.29, 1.82) is 0 Å². The van der Waals surface area contributed by atoms with Crippen molar-refractivity contribution >= 4 is 23.8 Å². The fourth-order valence-corrected chi connectivity index (χ4v) is 2.91. The van der Waals surface area contributed by atoms with Crippen LogP contribution in [0.1, 0.15) is 46.1 Å². The van der Waals surface area contributed by atoms with Gasteiger partial charge in [-0.25, -0.2) is 9.59 Å². The number of carbonyl (C=O) groups is 2. The number of rotatable bonds is 5. The second-order valence-electron chi connectivity index (χ2n) is 7.58. The number of ether oxygens (including phenoxy) is 2. The Kier molecular flexibility index (Phi) is 7.28. The van der Waals surface area contributed by atoms with Crippen LogP contribution in [0.2, 0.25) is 0 Å². The lowest BCUT2D eigenvalue weighted by atomic mass is 10.0. The molecule has 1 amide bonds. The van der Waals surface area contributed by atoms with E-state index in [2.05, 4.69) is 10.2 Å². The predicted molar refractivity (Wildman–Crippen MR) is 107 cm³/mol. The van der Waals surface area contributed by atoms with Gasteiger partial charge >= 0.3 is 12.1 Å². The number of amides is 1. The second-order valence-corrected chi connectivity index (χ2v) is 7.58. The van der Waals surface area contributed by atoms with Crippen molar-refractivity contribution in [3.8, 4) is 0 Å². The average Bonchev–Trinajstić information content (AvgIpc) is 2.60. The number of hydrogen-bond donors (Lipinski definition) is 1. The van der Waals surface area contributed by atoms with Gasteiger partial charge in [-0.05, 0) is 64.3 Å². The summed E-state index contributed by atoms with van der Waals surface area (Å²) in [4.78, 5) is 25.5. The summed E-state index contributed by atoms with van der Waals surface area (Å²) in [5, 5.41) is 2.95. The number of nitrogens with one attached hydrogen (secondary N) is 1. The van der Waals surface area contributed by atoms with Crippen LogP contribution in [-0.4, -0.2) is 43.4 Å². The first-order chi connectivity index (χ1) is 12.8. The lowest BCUT2D eigenvalue weighted by molar-refractivity contribution is -0.137. The van der Waals surface area contributed by atoms with E-state index in [0.717, 1.165) is 37.2 Å². The lowest BCUT2D eigenvalue weighted by Gasteiger charge is -2.34. The Morgan fingerprint density at radius 3 is 2.37 bits per heavy atom. The first-order valence-corrected chi connectivity index (χ1v) is 9.46. The van der Waals surface area contributed by atoms with Crippen LogP contribution in [0, 0.1) is 0 Å². The molecule has 0 radical (unpaired) electrons. The Balaban J connectivity index is 1.82. The molecule has 0 bridgehead atoms. The highest BCUT2D eigenvalue weighted by Crippen LogP contribution is 2.21. The van der Waals surface area contributed by atoms with E-state index in [1.165, 1.54) is 6.08 Å². The topological polar surface area (TPSA) is 67.9 Å². The molecule has 0 aromatic heterocycles. The molecule has 148 valence electrons. The summed E-state index contributed by atoms with van der Waals surface area (Å²) in [7, 11) is 0. The summed E-state index contributed by atoms with van der Waals surface area (Å²) in [6.45, 7) is 9.49. The number of benzene rings is 1. The first-order valence-electron chi connectivity index (χ1n) is 9.46. The molecule has 0 atom stereocenters. The van der Waals surface area contributed by atoms with Crippen LogP contribution in [0.15, 0.2) is 30.3 Å². The third kappa shape index (κ3) is 7.33. The summed E-state index contributed by atoms with van der Waals surface area (Å²) in [6, 6.07) is 8.20. The van der Waals surface area contributed by atoms with Crippen LogP contribution >= 0.6 is 0 Å². The molecule has 1 aliphatic rings. The largest absolute Gasteiger partial charge is 0.463 e. The molecule has 1 aromatic carbocycles. The van der Waals surface area contributed by atoms with Gasteiger partial charge in [-0.1, -0.05) is 12.1 Å². The van der Waals surface area contributed by atoms with E-state index in [1.807, 2.05) is 45.0 Å². The third-order valence-corrected chi connectivity index (χ3v) is 4.17. The van der Waals surface area contributed by atoms with Crippen molar-refractivity contribution in [2.45, 2.75) is 52.2 Å². The van der Waals surface area contributed by atoms with Crippen LogP contribution in [0.5, 0.6) is 0 Å². The lowest BCUT2D eigenvalue weighted by Crippen LogP contribution is -2.46. The van der Waals surface area contributed by atoms with Gasteiger partial charge in [0.15, 0.2) is 0 Å². The van der Waals surface area contributed by atoms with Crippen LogP contribution in [0.25, 0.3) is 6.08 Å². The summed E-state index contributed by atoms with van der Waals surface area (Å²) in [5.41, 5.74) is 1.61. The first kappa shape index (κ1) is 20.8. The zero-order valence-corrected chi connectivity index (χ0v) is 16.7. The van der Waals surface area contributed by atoms with E-state index in [-0.39, 0.29) is 18.1 Å².